The van der Waals surface area contributed by atoms with Gasteiger partial charge in [0, 0.05) is 42.2 Å². The third-order valence-electron chi connectivity index (χ3n) is 6.33. The molecule has 1 saturated heterocycles. The average molecular weight is 502 g/mol. The van der Waals surface area contributed by atoms with Gasteiger partial charge in [0.1, 0.15) is 4.90 Å². The predicted octanol–water partition coefficient (Wildman–Crippen LogP) is 3.32. The Hall–Kier alpha value is -4.09. The van der Waals surface area contributed by atoms with Gasteiger partial charge in [-0.05, 0) is 49.2 Å². The monoisotopic (exact) mass is 501 g/mol. The van der Waals surface area contributed by atoms with Crippen molar-refractivity contribution in [2.75, 3.05) is 23.3 Å². The van der Waals surface area contributed by atoms with Crippen molar-refractivity contribution >= 4 is 49.3 Å². The molecule has 2 N–H and O–H groups in total. The van der Waals surface area contributed by atoms with Crippen LogP contribution >= 0.6 is 0 Å². The number of pyridine rings is 1. The molecular weight excluding hydrogens is 478 g/mol. The Morgan fingerprint density at radius 2 is 1.69 bits per heavy atom. The summed E-state index contributed by atoms with van der Waals surface area (Å²) in [7, 11) is -4.06. The molecule has 0 bridgehead atoms. The van der Waals surface area contributed by atoms with E-state index in [1.54, 1.807) is 24.5 Å². The van der Waals surface area contributed by atoms with E-state index in [-0.39, 0.29) is 22.6 Å². The van der Waals surface area contributed by atoms with Gasteiger partial charge in [-0.25, -0.2) is 4.98 Å². The lowest BCUT2D eigenvalue weighted by Gasteiger charge is -2.31. The molecular formula is C25H23N7O3S. The lowest BCUT2D eigenvalue weighted by Crippen LogP contribution is -2.35. The van der Waals surface area contributed by atoms with Crippen LogP contribution in [-0.4, -0.2) is 56.9 Å². The molecule has 3 aromatic heterocycles. The number of nitrogens with zero attached hydrogens (tertiary/aromatic N) is 6. The Labute approximate surface area is 207 Å². The van der Waals surface area contributed by atoms with Crippen LogP contribution in [0.25, 0.3) is 21.9 Å². The first kappa shape index (κ1) is 22.4. The molecule has 0 aliphatic carbocycles. The third kappa shape index (κ3) is 4.01. The number of benzene rings is 2. The zero-order valence-electron chi connectivity index (χ0n) is 19.2. The lowest BCUT2D eigenvalue weighted by molar-refractivity contribution is 0.145. The number of aliphatic hydroxyl groups excluding tert-OH is 1. The number of para-hydroxylation sites is 1. The van der Waals surface area contributed by atoms with Gasteiger partial charge < -0.3 is 15.3 Å². The van der Waals surface area contributed by atoms with E-state index < -0.39 is 10.0 Å². The number of nitrogens with one attached hydrogen (secondary N) is 1. The largest absolute Gasteiger partial charge is 0.393 e. The van der Waals surface area contributed by atoms with Gasteiger partial charge in [0.05, 0.1) is 23.2 Å². The molecule has 2 aromatic carbocycles. The van der Waals surface area contributed by atoms with Crippen molar-refractivity contribution in [1.82, 2.24) is 24.1 Å². The zero-order chi connectivity index (χ0) is 24.7. The van der Waals surface area contributed by atoms with E-state index in [0.717, 1.165) is 46.8 Å². The maximum absolute atomic E-state index is 13.6. The van der Waals surface area contributed by atoms with Crippen molar-refractivity contribution in [3.05, 3.63) is 73.2 Å². The Bertz CT molecular complexity index is 1660. The molecule has 0 radical (unpaired) electrons. The second-order valence-corrected chi connectivity index (χ2v) is 10.4. The molecule has 11 heteroatoms. The predicted molar refractivity (Wildman–Crippen MR) is 137 cm³/mol. The smallest absolute Gasteiger partial charge is 0.287 e. The Balaban J connectivity index is 1.30. The summed E-state index contributed by atoms with van der Waals surface area (Å²) in [5.41, 5.74) is 2.39. The second-order valence-electron chi connectivity index (χ2n) is 8.69. The van der Waals surface area contributed by atoms with Crippen molar-refractivity contribution in [3.63, 3.8) is 0 Å². The van der Waals surface area contributed by atoms with E-state index in [1.165, 1.54) is 12.3 Å². The minimum Gasteiger partial charge on any atom is -0.393 e. The second kappa shape index (κ2) is 8.85. The van der Waals surface area contributed by atoms with E-state index in [2.05, 4.69) is 30.3 Å². The summed E-state index contributed by atoms with van der Waals surface area (Å²) >= 11 is 0. The van der Waals surface area contributed by atoms with E-state index in [1.807, 2.05) is 36.4 Å². The first-order valence-corrected chi connectivity index (χ1v) is 13.0. The third-order valence-corrected chi connectivity index (χ3v) is 7.94. The van der Waals surface area contributed by atoms with Crippen LogP contribution in [0.5, 0.6) is 0 Å². The minimum absolute atomic E-state index is 0.0551. The van der Waals surface area contributed by atoms with Crippen molar-refractivity contribution in [2.24, 2.45) is 0 Å². The molecule has 4 heterocycles. The summed E-state index contributed by atoms with van der Waals surface area (Å²) in [6.07, 6.45) is 5.84. The molecule has 0 saturated carbocycles. The fourth-order valence-electron chi connectivity index (χ4n) is 4.42. The number of aromatic nitrogens is 5. The Morgan fingerprint density at radius 3 is 2.50 bits per heavy atom. The molecule has 182 valence electrons. The number of hydrogen-bond donors (Lipinski definition) is 2. The number of fused-ring (bicyclic) bond motifs is 2. The quantitative estimate of drug-likeness (QED) is 0.373. The molecule has 0 spiro atoms. The molecule has 36 heavy (non-hydrogen) atoms. The minimum atomic E-state index is -4.06. The Morgan fingerprint density at radius 1 is 0.917 bits per heavy atom. The number of rotatable bonds is 5. The highest BCUT2D eigenvalue weighted by molar-refractivity contribution is 7.90. The molecule has 0 atom stereocenters. The topological polar surface area (TPSA) is 126 Å². The van der Waals surface area contributed by atoms with E-state index in [9.17, 15) is 13.5 Å². The van der Waals surface area contributed by atoms with Crippen LogP contribution in [0.2, 0.25) is 0 Å². The summed E-state index contributed by atoms with van der Waals surface area (Å²) < 4.78 is 28.0. The first-order valence-electron chi connectivity index (χ1n) is 11.6. The highest BCUT2D eigenvalue weighted by atomic mass is 32.2. The van der Waals surface area contributed by atoms with Crippen LogP contribution in [-0.2, 0) is 10.0 Å². The van der Waals surface area contributed by atoms with Gasteiger partial charge in [0.25, 0.3) is 10.0 Å². The van der Waals surface area contributed by atoms with Gasteiger partial charge in [0.15, 0.2) is 5.65 Å². The van der Waals surface area contributed by atoms with Crippen molar-refractivity contribution < 1.29 is 13.5 Å². The van der Waals surface area contributed by atoms with Gasteiger partial charge in [-0.3, -0.25) is 4.98 Å². The zero-order valence-corrected chi connectivity index (χ0v) is 20.0. The molecule has 6 rings (SSSR count). The average Bonchev–Trinajstić information content (AvgIpc) is 3.33. The Kier molecular flexibility index (Phi) is 5.50. The van der Waals surface area contributed by atoms with Gasteiger partial charge in [-0.2, -0.15) is 18.5 Å². The highest BCUT2D eigenvalue weighted by Gasteiger charge is 2.25. The van der Waals surface area contributed by atoms with E-state index >= 15 is 0 Å². The fraction of sp³-hybridized carbons (Fsp3) is 0.200. The molecule has 1 fully saturated rings. The number of piperidine rings is 1. The summed E-state index contributed by atoms with van der Waals surface area (Å²) in [5, 5.41) is 18.2. The molecule has 1 aliphatic rings. The summed E-state index contributed by atoms with van der Waals surface area (Å²) in [4.78, 5) is 15.4. The van der Waals surface area contributed by atoms with E-state index in [4.69, 9.17) is 0 Å². The fourth-order valence-corrected chi connectivity index (χ4v) is 5.82. The lowest BCUT2D eigenvalue weighted by atomic mass is 10.1. The van der Waals surface area contributed by atoms with Gasteiger partial charge in [-0.1, -0.05) is 18.2 Å². The maximum atomic E-state index is 13.6. The molecule has 10 nitrogen and oxygen atoms in total. The van der Waals surface area contributed by atoms with Crippen LogP contribution < -0.4 is 10.2 Å². The van der Waals surface area contributed by atoms with Crippen LogP contribution in [0, 0.1) is 0 Å². The SMILES string of the molecule is O=S(=O)(c1cccc2cccnc12)n1ncc2cnc(Nc3ccc(N4CCC(O)CC4)cc3)nc21. The standard InChI is InChI=1S/C25H23N7O3S/c33-21-10-13-31(14-11-21)20-8-6-19(7-9-20)29-25-27-15-18-16-28-32(24(18)30-25)36(34,35)22-5-1-3-17-4-2-12-26-23(17)22/h1-9,12,15-16,21,33H,10-11,13-14H2,(H,27,29,30). The molecule has 5 aromatic rings. The van der Waals surface area contributed by atoms with Gasteiger partial charge in [0.2, 0.25) is 5.95 Å². The van der Waals surface area contributed by atoms with Crippen molar-refractivity contribution in [1.29, 1.82) is 0 Å². The van der Waals surface area contributed by atoms with Crippen LogP contribution in [0.4, 0.5) is 17.3 Å². The molecule has 1 aliphatic heterocycles. The summed E-state index contributed by atoms with van der Waals surface area (Å²) in [5.74, 6) is 0.254. The maximum Gasteiger partial charge on any atom is 0.287 e. The normalized spacial score (nSPS) is 15.0. The number of hydrogen-bond acceptors (Lipinski definition) is 9. The van der Waals surface area contributed by atoms with Crippen molar-refractivity contribution in [3.8, 4) is 0 Å². The molecule has 0 unspecified atom stereocenters. The molecule has 0 amide bonds. The first-order chi connectivity index (χ1) is 17.5. The van der Waals surface area contributed by atoms with Crippen LogP contribution in [0.15, 0.2) is 78.1 Å². The van der Waals surface area contributed by atoms with Crippen LogP contribution in [0.3, 0.4) is 0 Å². The number of anilines is 3. The number of aliphatic hydroxyl groups is 1. The van der Waals surface area contributed by atoms with Crippen LogP contribution in [0.1, 0.15) is 12.8 Å². The summed E-state index contributed by atoms with van der Waals surface area (Å²) in [6.45, 7) is 1.64. The van der Waals surface area contributed by atoms with Gasteiger partial charge in [-0.15, -0.1) is 4.09 Å². The highest BCUT2D eigenvalue weighted by Crippen LogP contribution is 2.26. The van der Waals surface area contributed by atoms with Crippen molar-refractivity contribution in [2.45, 2.75) is 23.8 Å². The van der Waals surface area contributed by atoms with E-state index in [0.29, 0.717) is 10.9 Å². The summed E-state index contributed by atoms with van der Waals surface area (Å²) in [6, 6.07) is 16.4. The van der Waals surface area contributed by atoms with Gasteiger partial charge >= 0.3 is 0 Å².